The van der Waals surface area contributed by atoms with Gasteiger partial charge < -0.3 is 24.8 Å². The molecule has 2 fully saturated rings. The van der Waals surface area contributed by atoms with Gasteiger partial charge in [0.1, 0.15) is 0 Å². The Hall–Kier alpha value is -2.22. The first-order valence-electron chi connectivity index (χ1n) is 20.4. The minimum Gasteiger partial charge on any atom is -1.00 e. The molecule has 0 nitrogen and oxygen atoms in total. The molecule has 0 aliphatic heterocycles. The Balaban J connectivity index is 0.000000203. The van der Waals surface area contributed by atoms with E-state index in [2.05, 4.69) is 137 Å². The molecule has 0 amide bonds. The summed E-state index contributed by atoms with van der Waals surface area (Å²) in [5.74, 6) is 1.81. The quantitative estimate of drug-likeness (QED) is 0.106. The average Bonchev–Trinajstić information content (AvgIpc) is 3.77. The molecule has 6 aromatic rings. The third-order valence-corrected chi connectivity index (χ3v) is 14.6. The number of halogens is 2. The summed E-state index contributed by atoms with van der Waals surface area (Å²) in [6, 6.07) is 42.5. The summed E-state index contributed by atoms with van der Waals surface area (Å²) < 4.78 is 0. The van der Waals surface area contributed by atoms with Gasteiger partial charge in [-0.2, -0.15) is 12.1 Å². The Morgan fingerprint density at radius 2 is 0.963 bits per heavy atom. The van der Waals surface area contributed by atoms with Crippen molar-refractivity contribution in [1.82, 2.24) is 0 Å². The molecule has 0 heterocycles. The molecule has 0 bridgehead atoms. The van der Waals surface area contributed by atoms with Gasteiger partial charge in [0, 0.05) is 0 Å². The summed E-state index contributed by atoms with van der Waals surface area (Å²) in [6.45, 7) is 8.95. The molecule has 54 heavy (non-hydrogen) atoms. The third-order valence-electron chi connectivity index (χ3n) is 11.5. The van der Waals surface area contributed by atoms with Gasteiger partial charge in [-0.25, -0.2) is 0 Å². The van der Waals surface area contributed by atoms with Gasteiger partial charge in [-0.1, -0.05) is 147 Å². The van der Waals surface area contributed by atoms with Crippen LogP contribution in [-0.2, 0) is 36.2 Å². The first-order valence-corrected chi connectivity index (χ1v) is 26.3. The summed E-state index contributed by atoms with van der Waals surface area (Å²) in [7, 11) is 0. The normalized spacial score (nSPS) is 14.6. The molecule has 284 valence electrons. The second kappa shape index (κ2) is 22.5. The summed E-state index contributed by atoms with van der Waals surface area (Å²) in [5.41, 5.74) is 11.3. The molecule has 8 rings (SSSR count). The molecular weight excluding hydrogens is 791 g/mol. The molecule has 2 saturated carbocycles. The summed E-state index contributed by atoms with van der Waals surface area (Å²) >= 11 is 1.79. The van der Waals surface area contributed by atoms with E-state index in [0.717, 1.165) is 11.8 Å². The maximum absolute atomic E-state index is 2.44. The van der Waals surface area contributed by atoms with Gasteiger partial charge in [0.05, 0.1) is 0 Å². The summed E-state index contributed by atoms with van der Waals surface area (Å²) in [5, 5.41) is 5.63. The van der Waals surface area contributed by atoms with E-state index in [9.17, 15) is 0 Å². The number of fused-ring (bicyclic) bond motifs is 2. The van der Waals surface area contributed by atoms with Crippen LogP contribution in [0.2, 0.25) is 12.6 Å². The monoisotopic (exact) mass is 848 g/mol. The van der Waals surface area contributed by atoms with E-state index < -0.39 is 0 Å². The molecule has 2 aliphatic carbocycles. The summed E-state index contributed by atoms with van der Waals surface area (Å²) in [4.78, 5) is 0. The standard InChI is InChI=1S/2C23H25.C4H10Si.2ClH.Zr/c2*1-17-10-12-20(13-11-17)22-9-5-8-21-15-19(16-23(21)22)14-18-6-3-2-4-7-18;1-3-4-5-2;;;/h2*5,8-13,15-16,18H,2-4,6-7,14H2,1H3;3-4H2,1-2H3;2*1H;/q2*-1;;;;+2/p-2. The van der Waals surface area contributed by atoms with Crippen LogP contribution < -0.4 is 24.8 Å². The SMILES string of the molecule is CCC[Si](C)=[Zr+2].Cc1ccc(-c2cccc3[cH-]c(CC4CCCCC4)cc23)cc1.Cc1ccc(-c2cccc3[cH-]c(CC4CCCCC4)cc23)cc1.[Cl-].[Cl-]. The fourth-order valence-electron chi connectivity index (χ4n) is 8.62. The second-order valence-corrected chi connectivity index (χ2v) is 24.4. The van der Waals surface area contributed by atoms with Gasteiger partial charge in [0.25, 0.3) is 0 Å². The van der Waals surface area contributed by atoms with Crippen LogP contribution in [0.25, 0.3) is 43.8 Å². The Kier molecular flexibility index (Phi) is 18.5. The van der Waals surface area contributed by atoms with Crippen molar-refractivity contribution in [2.75, 3.05) is 0 Å². The summed E-state index contributed by atoms with van der Waals surface area (Å²) in [6.07, 6.45) is 18.2. The molecule has 0 radical (unpaired) electrons. The van der Waals surface area contributed by atoms with Gasteiger partial charge in [-0.15, -0.1) is 69.1 Å². The van der Waals surface area contributed by atoms with Gasteiger partial charge in [0.15, 0.2) is 0 Å². The van der Waals surface area contributed by atoms with Gasteiger partial charge in [-0.3, -0.25) is 0 Å². The second-order valence-electron chi connectivity index (χ2n) is 16.0. The number of rotatable bonds is 8. The molecule has 4 heteroatoms. The van der Waals surface area contributed by atoms with E-state index in [4.69, 9.17) is 0 Å². The van der Waals surface area contributed by atoms with Crippen molar-refractivity contribution >= 4 is 27.0 Å². The molecular formula is C50H60Cl2SiZr-2. The Morgan fingerprint density at radius 1 is 0.574 bits per heavy atom. The van der Waals surface area contributed by atoms with E-state index >= 15 is 0 Å². The van der Waals surface area contributed by atoms with E-state index in [0.29, 0.717) is 0 Å². The Morgan fingerprint density at radius 3 is 1.30 bits per heavy atom. The molecule has 6 aromatic carbocycles. The zero-order valence-electron chi connectivity index (χ0n) is 33.2. The molecule has 0 unspecified atom stereocenters. The predicted octanol–water partition coefficient (Wildman–Crippen LogP) is 8.89. The fourth-order valence-corrected chi connectivity index (χ4v) is 11.2. The van der Waals surface area contributed by atoms with Crippen LogP contribution in [0.3, 0.4) is 0 Å². The van der Waals surface area contributed by atoms with E-state index in [1.165, 1.54) is 156 Å². The zero-order valence-corrected chi connectivity index (χ0v) is 38.2. The van der Waals surface area contributed by atoms with Crippen LogP contribution >= 0.6 is 0 Å². The van der Waals surface area contributed by atoms with Crippen molar-refractivity contribution in [3.63, 3.8) is 0 Å². The first kappa shape index (κ1) is 44.5. The molecule has 0 atom stereocenters. The Bertz CT molecular complexity index is 1860. The topological polar surface area (TPSA) is 0 Å². The van der Waals surface area contributed by atoms with Gasteiger partial charge >= 0.3 is 54.7 Å². The van der Waals surface area contributed by atoms with Crippen LogP contribution in [0.1, 0.15) is 99.8 Å². The van der Waals surface area contributed by atoms with Crippen LogP contribution in [0.4, 0.5) is 0 Å². The van der Waals surface area contributed by atoms with Gasteiger partial charge in [-0.05, 0) is 49.7 Å². The Labute approximate surface area is 354 Å². The average molecular weight is 851 g/mol. The van der Waals surface area contributed by atoms with Crippen molar-refractivity contribution in [1.29, 1.82) is 0 Å². The van der Waals surface area contributed by atoms with Crippen molar-refractivity contribution in [3.05, 3.63) is 131 Å². The number of hydrogen-bond donors (Lipinski definition) is 0. The minimum absolute atomic E-state index is 0. The predicted molar refractivity (Wildman–Crippen MR) is 227 cm³/mol. The van der Waals surface area contributed by atoms with Crippen molar-refractivity contribution in [2.24, 2.45) is 11.8 Å². The minimum atomic E-state index is 0. The maximum atomic E-state index is 2.44. The maximum Gasteiger partial charge on any atom is -0.0279 e. The van der Waals surface area contributed by atoms with Crippen molar-refractivity contribution in [3.8, 4) is 22.3 Å². The number of benzene rings is 4. The smallest absolute Gasteiger partial charge is 0.0279 e. The van der Waals surface area contributed by atoms with Crippen LogP contribution in [0, 0.1) is 25.7 Å². The molecule has 0 aromatic heterocycles. The number of aryl methyl sites for hydroxylation is 2. The number of hydrogen-bond acceptors (Lipinski definition) is 0. The molecule has 0 spiro atoms. The van der Waals surface area contributed by atoms with E-state index in [1.807, 2.05) is 0 Å². The molecule has 0 saturated heterocycles. The molecule has 0 N–H and O–H groups in total. The third kappa shape index (κ3) is 12.6. The van der Waals surface area contributed by atoms with E-state index in [1.54, 1.807) is 23.3 Å². The first-order chi connectivity index (χ1) is 25.4. The molecule has 2 aliphatic rings. The zero-order chi connectivity index (χ0) is 36.3. The van der Waals surface area contributed by atoms with Crippen LogP contribution in [-0.4, -0.2) is 5.43 Å². The van der Waals surface area contributed by atoms with E-state index in [-0.39, 0.29) is 30.2 Å². The van der Waals surface area contributed by atoms with Crippen molar-refractivity contribution < 1.29 is 48.1 Å². The van der Waals surface area contributed by atoms with Gasteiger partial charge in [0.2, 0.25) is 0 Å². The largest absolute Gasteiger partial charge is 1.00 e. The van der Waals surface area contributed by atoms with Crippen LogP contribution in [0.15, 0.2) is 109 Å². The fraction of sp³-hybridized carbons (Fsp3) is 0.400. The van der Waals surface area contributed by atoms with Crippen molar-refractivity contribution in [2.45, 2.75) is 117 Å². The van der Waals surface area contributed by atoms with Crippen LogP contribution in [0.5, 0.6) is 0 Å².